The summed E-state index contributed by atoms with van der Waals surface area (Å²) in [6.07, 6.45) is 0.505. The molecule has 0 radical (unpaired) electrons. The number of aromatic hydroxyl groups is 1. The fourth-order valence-electron chi connectivity index (χ4n) is 1.31. The lowest BCUT2D eigenvalue weighted by Crippen LogP contribution is -2.00. The van der Waals surface area contributed by atoms with Crippen LogP contribution in [0.1, 0.15) is 4.88 Å². The molecule has 0 unspecified atom stereocenters. The maximum Gasteiger partial charge on any atom is 0.307 e. The number of ether oxygens (including phenoxy) is 1. The van der Waals surface area contributed by atoms with Gasteiger partial charge in [-0.15, -0.1) is 0 Å². The second-order valence-electron chi connectivity index (χ2n) is 3.34. The molecule has 0 amide bonds. The molecule has 2 aromatic rings. The fraction of sp³-hybridized carbons (Fsp3) is 0.182. The van der Waals surface area contributed by atoms with Gasteiger partial charge in [0.05, 0.1) is 11.5 Å². The first-order valence-electron chi connectivity index (χ1n) is 4.94. The second kappa shape index (κ2) is 5.37. The van der Waals surface area contributed by atoms with E-state index in [1.807, 2.05) is 24.3 Å². The Morgan fingerprint density at radius 1 is 1.35 bits per heavy atom. The smallest absolute Gasteiger partial charge is 0.307 e. The van der Waals surface area contributed by atoms with Crippen LogP contribution in [0.5, 0.6) is 11.6 Å². The van der Waals surface area contributed by atoms with Gasteiger partial charge in [-0.05, 0) is 24.3 Å². The Kier molecular flexibility index (Phi) is 3.86. The third-order valence-corrected chi connectivity index (χ3v) is 3.57. The average molecular weight is 316 g/mol. The highest BCUT2D eigenvalue weighted by Crippen LogP contribution is 2.18. The summed E-state index contributed by atoms with van der Waals surface area (Å²) >= 11 is 4.34. The van der Waals surface area contributed by atoms with E-state index in [2.05, 4.69) is 20.9 Å². The molecule has 0 saturated heterocycles. The van der Waals surface area contributed by atoms with Crippen LogP contribution in [0.15, 0.2) is 33.5 Å². The lowest BCUT2D eigenvalue weighted by molar-refractivity contribution is 0.320. The van der Waals surface area contributed by atoms with Gasteiger partial charge in [-0.2, -0.15) is 0 Å². The first-order valence-corrected chi connectivity index (χ1v) is 6.55. The van der Waals surface area contributed by atoms with Crippen molar-refractivity contribution in [2.45, 2.75) is 6.42 Å². The number of H-pyrrole nitrogens is 1. The highest BCUT2D eigenvalue weighted by atomic mass is 79.9. The monoisotopic (exact) mass is 315 g/mol. The summed E-state index contributed by atoms with van der Waals surface area (Å²) in [7, 11) is 0. The largest absolute Gasteiger partial charge is 0.494 e. The van der Waals surface area contributed by atoms with Crippen LogP contribution in [0.25, 0.3) is 0 Å². The van der Waals surface area contributed by atoms with E-state index >= 15 is 0 Å². The molecule has 1 aromatic carbocycles. The Bertz CT molecular complexity index is 547. The normalized spacial score (nSPS) is 10.4. The van der Waals surface area contributed by atoms with Crippen molar-refractivity contribution in [3.63, 3.8) is 0 Å². The molecule has 4 nitrogen and oxygen atoms in total. The van der Waals surface area contributed by atoms with Crippen LogP contribution in [-0.4, -0.2) is 16.7 Å². The Hall–Kier alpha value is -1.27. The van der Waals surface area contributed by atoms with Crippen LogP contribution in [0.2, 0.25) is 0 Å². The molecule has 0 aliphatic heterocycles. The third-order valence-electron chi connectivity index (χ3n) is 2.11. The Balaban J connectivity index is 1.89. The predicted molar refractivity (Wildman–Crippen MR) is 69.9 cm³/mol. The van der Waals surface area contributed by atoms with Gasteiger partial charge in [0.25, 0.3) is 0 Å². The Morgan fingerprint density at radius 3 is 2.65 bits per heavy atom. The second-order valence-corrected chi connectivity index (χ2v) is 5.32. The van der Waals surface area contributed by atoms with Crippen molar-refractivity contribution in [1.82, 2.24) is 4.98 Å². The summed E-state index contributed by atoms with van der Waals surface area (Å²) in [6.45, 7) is 0.420. The van der Waals surface area contributed by atoms with E-state index < -0.39 is 0 Å². The molecule has 6 heteroatoms. The number of thiazole rings is 1. The van der Waals surface area contributed by atoms with E-state index in [0.717, 1.165) is 21.6 Å². The predicted octanol–water partition coefficient (Wildman–Crippen LogP) is 2.53. The molecule has 0 atom stereocenters. The summed E-state index contributed by atoms with van der Waals surface area (Å²) in [4.78, 5) is 13.6. The molecule has 0 saturated carbocycles. The summed E-state index contributed by atoms with van der Waals surface area (Å²) in [5, 5.41) is 9.36. The van der Waals surface area contributed by atoms with Crippen LogP contribution in [0.3, 0.4) is 0 Å². The average Bonchev–Trinajstić information content (AvgIpc) is 2.60. The first-order chi connectivity index (χ1) is 8.15. The SMILES string of the molecule is O=c1[nH]c(O)c(CCOc2ccc(Br)cc2)s1. The molecule has 2 rings (SSSR count). The van der Waals surface area contributed by atoms with Crippen LogP contribution in [0.4, 0.5) is 0 Å². The van der Waals surface area contributed by atoms with Gasteiger partial charge in [-0.3, -0.25) is 9.78 Å². The molecule has 1 heterocycles. The molecule has 1 aromatic heterocycles. The minimum absolute atomic E-state index is 0.0561. The van der Waals surface area contributed by atoms with Crippen molar-refractivity contribution in [2.75, 3.05) is 6.61 Å². The van der Waals surface area contributed by atoms with E-state index in [-0.39, 0.29) is 10.8 Å². The van der Waals surface area contributed by atoms with E-state index in [4.69, 9.17) is 4.74 Å². The number of hydrogen-bond donors (Lipinski definition) is 2. The third kappa shape index (κ3) is 3.34. The van der Waals surface area contributed by atoms with Crippen LogP contribution < -0.4 is 9.61 Å². The zero-order valence-electron chi connectivity index (χ0n) is 8.77. The molecule has 17 heavy (non-hydrogen) atoms. The molecular formula is C11H10BrNO3S. The molecule has 90 valence electrons. The standard InChI is InChI=1S/C11H10BrNO3S/c12-7-1-3-8(4-2-7)16-6-5-9-10(14)13-11(15)17-9/h1-4,14H,5-6H2,(H,13,15). The maximum atomic E-state index is 10.9. The molecule has 0 spiro atoms. The molecule has 0 aliphatic carbocycles. The summed E-state index contributed by atoms with van der Waals surface area (Å²) in [5.74, 6) is 0.704. The maximum absolute atomic E-state index is 10.9. The highest BCUT2D eigenvalue weighted by Gasteiger charge is 2.06. The molecule has 0 bridgehead atoms. The van der Waals surface area contributed by atoms with Gasteiger partial charge >= 0.3 is 4.87 Å². The Morgan fingerprint density at radius 2 is 2.06 bits per heavy atom. The van der Waals surface area contributed by atoms with Crippen molar-refractivity contribution in [2.24, 2.45) is 0 Å². The lowest BCUT2D eigenvalue weighted by Gasteiger charge is -2.04. The number of nitrogens with one attached hydrogen (secondary N) is 1. The topological polar surface area (TPSA) is 62.3 Å². The van der Waals surface area contributed by atoms with Crippen molar-refractivity contribution in [3.8, 4) is 11.6 Å². The van der Waals surface area contributed by atoms with E-state index in [1.54, 1.807) is 0 Å². The number of hydrogen-bond acceptors (Lipinski definition) is 4. The van der Waals surface area contributed by atoms with Crippen molar-refractivity contribution in [1.29, 1.82) is 0 Å². The van der Waals surface area contributed by atoms with Gasteiger partial charge in [-0.1, -0.05) is 27.3 Å². The summed E-state index contributed by atoms with van der Waals surface area (Å²) < 4.78 is 6.48. The van der Waals surface area contributed by atoms with Gasteiger partial charge < -0.3 is 9.84 Å². The summed E-state index contributed by atoms with van der Waals surface area (Å²) in [6, 6.07) is 7.48. The number of halogens is 1. The fourth-order valence-corrected chi connectivity index (χ4v) is 2.28. The van der Waals surface area contributed by atoms with Crippen LogP contribution in [-0.2, 0) is 6.42 Å². The van der Waals surface area contributed by atoms with Gasteiger partial charge in [-0.25, -0.2) is 0 Å². The lowest BCUT2D eigenvalue weighted by atomic mass is 10.3. The van der Waals surface area contributed by atoms with Gasteiger partial charge in [0, 0.05) is 10.9 Å². The molecule has 2 N–H and O–H groups in total. The zero-order valence-corrected chi connectivity index (χ0v) is 11.2. The molecular weight excluding hydrogens is 306 g/mol. The van der Waals surface area contributed by atoms with Gasteiger partial charge in [0.2, 0.25) is 5.88 Å². The van der Waals surface area contributed by atoms with Crippen molar-refractivity contribution < 1.29 is 9.84 Å². The molecule has 0 fully saturated rings. The van der Waals surface area contributed by atoms with Gasteiger partial charge in [0.1, 0.15) is 5.75 Å². The number of aromatic amines is 1. The summed E-state index contributed by atoms with van der Waals surface area (Å²) in [5.41, 5.74) is 0. The first kappa shape index (κ1) is 12.2. The van der Waals surface area contributed by atoms with Crippen LogP contribution >= 0.6 is 27.3 Å². The van der Waals surface area contributed by atoms with Crippen molar-refractivity contribution in [3.05, 3.63) is 43.3 Å². The zero-order chi connectivity index (χ0) is 12.3. The number of benzene rings is 1. The number of rotatable bonds is 4. The quantitative estimate of drug-likeness (QED) is 0.911. The van der Waals surface area contributed by atoms with E-state index in [9.17, 15) is 9.90 Å². The van der Waals surface area contributed by atoms with Crippen LogP contribution in [0, 0.1) is 0 Å². The minimum atomic E-state index is -0.249. The van der Waals surface area contributed by atoms with Gasteiger partial charge in [0.15, 0.2) is 0 Å². The van der Waals surface area contributed by atoms with E-state index in [1.165, 1.54) is 0 Å². The minimum Gasteiger partial charge on any atom is -0.494 e. The number of aromatic nitrogens is 1. The highest BCUT2D eigenvalue weighted by molar-refractivity contribution is 9.10. The van der Waals surface area contributed by atoms with Crippen molar-refractivity contribution >= 4 is 27.3 Å². The van der Waals surface area contributed by atoms with E-state index in [0.29, 0.717) is 17.9 Å². The Labute approximate surface area is 110 Å². The molecule has 0 aliphatic rings.